The van der Waals surface area contributed by atoms with Crippen LogP contribution in [0.5, 0.6) is 0 Å². The number of amides is 5. The summed E-state index contributed by atoms with van der Waals surface area (Å²) in [7, 11) is 0. The number of nitrogens with one attached hydrogen (secondary N) is 3. The average molecular weight is 563 g/mol. The number of ether oxygens (including phenoxy) is 3. The zero-order chi connectivity index (χ0) is 29.2. The summed E-state index contributed by atoms with van der Waals surface area (Å²) in [5, 5.41) is 16.4. The fourth-order valence-corrected chi connectivity index (χ4v) is 3.32. The molecule has 0 radical (unpaired) electrons. The highest BCUT2D eigenvalue weighted by molar-refractivity contribution is 6.12. The summed E-state index contributed by atoms with van der Waals surface area (Å²) < 4.78 is 15.9. The van der Waals surface area contributed by atoms with Gasteiger partial charge in [0, 0.05) is 25.0 Å². The number of nitrogens with zero attached hydrogens (tertiary/aromatic N) is 1. The molecule has 14 nitrogen and oxygen atoms in total. The Morgan fingerprint density at radius 1 is 0.750 bits per heavy atom. The van der Waals surface area contributed by atoms with Crippen molar-refractivity contribution >= 4 is 35.5 Å². The maximum absolute atomic E-state index is 12.0. The Balaban J connectivity index is 1.42. The van der Waals surface area contributed by atoms with Crippen molar-refractivity contribution in [2.75, 3.05) is 59.3 Å². The van der Waals surface area contributed by atoms with Crippen LogP contribution in [-0.4, -0.2) is 111 Å². The molecule has 0 spiro atoms. The number of carboxylic acid groups (broad SMARTS) is 1. The molecule has 1 aliphatic heterocycles. The average Bonchev–Trinajstić information content (AvgIpc) is 3.26. The van der Waals surface area contributed by atoms with Crippen LogP contribution in [0.15, 0.2) is 42.5 Å². The smallest absolute Gasteiger partial charge is 0.326 e. The van der Waals surface area contributed by atoms with Crippen LogP contribution >= 0.6 is 0 Å². The van der Waals surface area contributed by atoms with E-state index >= 15 is 0 Å². The molecule has 218 valence electrons. The minimum absolute atomic E-state index is 0.0133. The molecule has 1 unspecified atom stereocenters. The van der Waals surface area contributed by atoms with Crippen molar-refractivity contribution in [3.63, 3.8) is 0 Å². The molecule has 1 aromatic rings. The highest BCUT2D eigenvalue weighted by Gasteiger charge is 2.22. The normalized spacial score (nSPS) is 13.2. The third-order valence-electron chi connectivity index (χ3n) is 5.39. The van der Waals surface area contributed by atoms with Gasteiger partial charge in [-0.05, 0) is 5.56 Å². The molecule has 40 heavy (non-hydrogen) atoms. The van der Waals surface area contributed by atoms with Crippen molar-refractivity contribution in [3.8, 4) is 0 Å². The first-order valence-corrected chi connectivity index (χ1v) is 12.6. The number of hydrogen-bond donors (Lipinski definition) is 4. The Morgan fingerprint density at radius 3 is 1.93 bits per heavy atom. The van der Waals surface area contributed by atoms with Crippen molar-refractivity contribution < 1.29 is 48.1 Å². The van der Waals surface area contributed by atoms with E-state index in [1.165, 1.54) is 12.2 Å². The van der Waals surface area contributed by atoms with E-state index in [4.69, 9.17) is 14.2 Å². The second-order valence-electron chi connectivity index (χ2n) is 8.45. The van der Waals surface area contributed by atoms with Gasteiger partial charge in [-0.15, -0.1) is 0 Å². The van der Waals surface area contributed by atoms with Crippen LogP contribution < -0.4 is 16.0 Å². The maximum Gasteiger partial charge on any atom is 0.326 e. The quantitative estimate of drug-likeness (QED) is 0.106. The van der Waals surface area contributed by atoms with Gasteiger partial charge in [-0.3, -0.25) is 28.9 Å². The molecule has 0 saturated heterocycles. The second-order valence-corrected chi connectivity index (χ2v) is 8.45. The van der Waals surface area contributed by atoms with Gasteiger partial charge in [-0.25, -0.2) is 4.79 Å². The van der Waals surface area contributed by atoms with Crippen LogP contribution in [0.1, 0.15) is 12.0 Å². The van der Waals surface area contributed by atoms with E-state index in [9.17, 15) is 33.9 Å². The maximum atomic E-state index is 12.0. The van der Waals surface area contributed by atoms with Gasteiger partial charge in [0.25, 0.3) is 11.8 Å². The molecular formula is C26H34N4O10. The number of imide groups is 1. The lowest BCUT2D eigenvalue weighted by Crippen LogP contribution is -2.47. The molecule has 5 amide bonds. The van der Waals surface area contributed by atoms with Crippen LogP contribution in [0.2, 0.25) is 0 Å². The van der Waals surface area contributed by atoms with E-state index in [0.29, 0.717) is 6.61 Å². The van der Waals surface area contributed by atoms with Crippen molar-refractivity contribution in [2.24, 2.45) is 0 Å². The molecule has 0 saturated carbocycles. The van der Waals surface area contributed by atoms with E-state index in [-0.39, 0.29) is 70.8 Å². The molecule has 0 bridgehead atoms. The van der Waals surface area contributed by atoms with E-state index in [1.807, 2.05) is 0 Å². The molecule has 2 rings (SSSR count). The highest BCUT2D eigenvalue weighted by Crippen LogP contribution is 2.04. The lowest BCUT2D eigenvalue weighted by atomic mass is 10.1. The zero-order valence-electron chi connectivity index (χ0n) is 22.0. The fraction of sp³-hybridized carbons (Fsp3) is 0.462. The third kappa shape index (κ3) is 13.1. The molecule has 0 fully saturated rings. The van der Waals surface area contributed by atoms with Gasteiger partial charge in [-0.2, -0.15) is 0 Å². The summed E-state index contributed by atoms with van der Waals surface area (Å²) in [6.45, 7) is 0.803. The Hall–Kier alpha value is -4.14. The summed E-state index contributed by atoms with van der Waals surface area (Å²) in [5.74, 6) is -3.60. The number of benzene rings is 1. The van der Waals surface area contributed by atoms with Gasteiger partial charge in [0.1, 0.15) is 6.04 Å². The van der Waals surface area contributed by atoms with Gasteiger partial charge < -0.3 is 35.3 Å². The minimum atomic E-state index is -1.20. The summed E-state index contributed by atoms with van der Waals surface area (Å²) in [5.41, 5.74) is 0.742. The SMILES string of the molecule is O=C(CCOCCOCCOCCN1C(=O)C=CC1=O)NCC(=O)NCC(=O)NC(Cc1ccccc1)C(=O)O. The molecule has 1 aliphatic rings. The minimum Gasteiger partial charge on any atom is -0.480 e. The van der Waals surface area contributed by atoms with Crippen LogP contribution in [0, 0.1) is 0 Å². The Kier molecular flexibility index (Phi) is 14.6. The predicted molar refractivity (Wildman–Crippen MR) is 139 cm³/mol. The van der Waals surface area contributed by atoms with E-state index < -0.39 is 36.3 Å². The van der Waals surface area contributed by atoms with E-state index in [1.54, 1.807) is 30.3 Å². The Bertz CT molecular complexity index is 1030. The predicted octanol–water partition coefficient (Wildman–Crippen LogP) is -1.60. The number of hydrogen-bond acceptors (Lipinski definition) is 9. The van der Waals surface area contributed by atoms with E-state index in [0.717, 1.165) is 10.5 Å². The van der Waals surface area contributed by atoms with Crippen molar-refractivity contribution in [2.45, 2.75) is 18.9 Å². The number of aliphatic carboxylic acids is 1. The Morgan fingerprint density at radius 2 is 1.30 bits per heavy atom. The van der Waals surface area contributed by atoms with E-state index in [2.05, 4.69) is 16.0 Å². The molecule has 1 aromatic carbocycles. The lowest BCUT2D eigenvalue weighted by molar-refractivity contribution is -0.141. The third-order valence-corrected chi connectivity index (χ3v) is 5.39. The summed E-state index contributed by atoms with van der Waals surface area (Å²) in [6.07, 6.45) is 2.54. The van der Waals surface area contributed by atoms with Gasteiger partial charge in [0.2, 0.25) is 17.7 Å². The van der Waals surface area contributed by atoms with Crippen LogP contribution in [0.4, 0.5) is 0 Å². The largest absolute Gasteiger partial charge is 0.480 e. The van der Waals surface area contributed by atoms with Gasteiger partial charge in [0.05, 0.1) is 59.3 Å². The topological polar surface area (TPSA) is 190 Å². The van der Waals surface area contributed by atoms with Crippen molar-refractivity contribution in [1.29, 1.82) is 0 Å². The lowest BCUT2D eigenvalue weighted by Gasteiger charge is -2.15. The monoisotopic (exact) mass is 562 g/mol. The van der Waals surface area contributed by atoms with Crippen molar-refractivity contribution in [3.05, 3.63) is 48.0 Å². The zero-order valence-corrected chi connectivity index (χ0v) is 22.0. The standard InChI is InChI=1S/C26H34N4O10/c31-21(8-10-38-12-14-40-15-13-39-11-9-30-24(34)6-7-25(30)35)27-17-22(32)28-18-23(33)29-20(26(36)37)16-19-4-2-1-3-5-19/h1-7,20H,8-18H2,(H,27,31)(H,28,32)(H,29,33)(H,36,37). The number of carbonyl (C=O) groups excluding carboxylic acids is 5. The summed E-state index contributed by atoms with van der Waals surface area (Å²) in [4.78, 5) is 71.0. The fourth-order valence-electron chi connectivity index (χ4n) is 3.32. The van der Waals surface area contributed by atoms with Gasteiger partial charge in [0.15, 0.2) is 0 Å². The molecule has 1 atom stereocenters. The van der Waals surface area contributed by atoms with Gasteiger partial charge in [-0.1, -0.05) is 30.3 Å². The molecule has 14 heteroatoms. The highest BCUT2D eigenvalue weighted by atomic mass is 16.5. The summed E-state index contributed by atoms with van der Waals surface area (Å²) in [6, 6.07) is 7.67. The molecule has 4 N–H and O–H groups in total. The second kappa shape index (κ2) is 18.2. The van der Waals surface area contributed by atoms with Crippen molar-refractivity contribution in [1.82, 2.24) is 20.9 Å². The first kappa shape index (κ1) is 32.1. The number of carbonyl (C=O) groups is 6. The molecule has 1 heterocycles. The number of rotatable bonds is 20. The number of carboxylic acids is 1. The first-order chi connectivity index (χ1) is 19.3. The van der Waals surface area contributed by atoms with Gasteiger partial charge >= 0.3 is 5.97 Å². The Labute approximate surface area is 231 Å². The molecule has 0 aliphatic carbocycles. The van der Waals surface area contributed by atoms with Crippen LogP contribution in [0.25, 0.3) is 0 Å². The van der Waals surface area contributed by atoms with Crippen LogP contribution in [-0.2, 0) is 49.4 Å². The first-order valence-electron chi connectivity index (χ1n) is 12.6. The molecular weight excluding hydrogens is 528 g/mol. The molecule has 0 aromatic heterocycles. The van der Waals surface area contributed by atoms with Crippen LogP contribution in [0.3, 0.4) is 0 Å². The summed E-state index contributed by atoms with van der Waals surface area (Å²) >= 11 is 0.